The highest BCUT2D eigenvalue weighted by Crippen LogP contribution is 2.47. The van der Waals surface area contributed by atoms with Crippen LogP contribution in [0.3, 0.4) is 0 Å². The molecule has 146 valence electrons. The summed E-state index contributed by atoms with van der Waals surface area (Å²) in [7, 11) is 1.80. The van der Waals surface area contributed by atoms with Crippen molar-refractivity contribution in [3.05, 3.63) is 29.3 Å². The zero-order valence-electron chi connectivity index (χ0n) is 17.3. The van der Waals surface area contributed by atoms with Crippen molar-refractivity contribution in [2.75, 3.05) is 20.2 Å². The van der Waals surface area contributed by atoms with Gasteiger partial charge in [-0.1, -0.05) is 32.1 Å². The molecule has 1 aliphatic heterocycles. The third-order valence-electron chi connectivity index (χ3n) is 7.11. The van der Waals surface area contributed by atoms with Crippen molar-refractivity contribution in [3.8, 4) is 17.6 Å². The van der Waals surface area contributed by atoms with Crippen LogP contribution in [0.5, 0.6) is 5.75 Å². The first-order valence-electron chi connectivity index (χ1n) is 11.0. The summed E-state index contributed by atoms with van der Waals surface area (Å²) in [6.07, 6.45) is 9.44. The third kappa shape index (κ3) is 4.19. The second kappa shape index (κ2) is 8.27. The van der Waals surface area contributed by atoms with Gasteiger partial charge in [-0.25, -0.2) is 0 Å². The van der Waals surface area contributed by atoms with Crippen LogP contribution in [-0.4, -0.2) is 31.1 Å². The first kappa shape index (κ1) is 18.9. The van der Waals surface area contributed by atoms with E-state index in [1.54, 1.807) is 7.11 Å². The van der Waals surface area contributed by atoms with Gasteiger partial charge in [0.15, 0.2) is 0 Å². The lowest BCUT2D eigenvalue weighted by Gasteiger charge is -2.40. The first-order valence-corrected chi connectivity index (χ1v) is 11.0. The molecule has 2 saturated carbocycles. The highest BCUT2D eigenvalue weighted by molar-refractivity contribution is 5.46. The number of hydrogen-bond acceptors (Lipinski definition) is 2. The Morgan fingerprint density at radius 1 is 1.11 bits per heavy atom. The van der Waals surface area contributed by atoms with Crippen molar-refractivity contribution in [2.45, 2.75) is 70.8 Å². The number of benzene rings is 1. The predicted molar refractivity (Wildman–Crippen MR) is 112 cm³/mol. The SMILES string of the molecule is COc1ccc(C#CCC(C)C)cc1C1CCN([C@H]2C[C@H]3CCC2C3)CC1. The molecule has 3 fully saturated rings. The smallest absolute Gasteiger partial charge is 0.122 e. The molecule has 2 nitrogen and oxygen atoms in total. The monoisotopic (exact) mass is 365 g/mol. The maximum Gasteiger partial charge on any atom is 0.122 e. The number of methoxy groups -OCH3 is 1. The van der Waals surface area contributed by atoms with Crippen LogP contribution in [0.1, 0.15) is 75.8 Å². The van der Waals surface area contributed by atoms with E-state index in [2.05, 4.69) is 48.8 Å². The number of likely N-dealkylation sites (tertiary alicyclic amines) is 1. The number of hydrogen-bond donors (Lipinski definition) is 0. The van der Waals surface area contributed by atoms with E-state index in [4.69, 9.17) is 4.74 Å². The lowest BCUT2D eigenvalue weighted by molar-refractivity contribution is 0.110. The molecule has 1 saturated heterocycles. The molecule has 2 heteroatoms. The maximum absolute atomic E-state index is 5.70. The molecule has 4 rings (SSSR count). The molecule has 2 bridgehead atoms. The molecule has 0 spiro atoms. The molecule has 0 radical (unpaired) electrons. The van der Waals surface area contributed by atoms with Gasteiger partial charge in [0.25, 0.3) is 0 Å². The van der Waals surface area contributed by atoms with Crippen LogP contribution in [0.25, 0.3) is 0 Å². The van der Waals surface area contributed by atoms with Gasteiger partial charge in [0.05, 0.1) is 7.11 Å². The summed E-state index contributed by atoms with van der Waals surface area (Å²) < 4.78 is 5.70. The van der Waals surface area contributed by atoms with Gasteiger partial charge >= 0.3 is 0 Å². The lowest BCUT2D eigenvalue weighted by Crippen LogP contribution is -2.43. The number of nitrogens with zero attached hydrogens (tertiary/aromatic N) is 1. The van der Waals surface area contributed by atoms with E-state index in [1.807, 2.05) is 0 Å². The van der Waals surface area contributed by atoms with Gasteiger partial charge in [-0.05, 0) is 92.6 Å². The summed E-state index contributed by atoms with van der Waals surface area (Å²) in [5.41, 5.74) is 2.52. The van der Waals surface area contributed by atoms with Crippen molar-refractivity contribution in [1.82, 2.24) is 4.90 Å². The molecule has 3 aliphatic rings. The van der Waals surface area contributed by atoms with Crippen molar-refractivity contribution < 1.29 is 4.74 Å². The Bertz CT molecular complexity index is 705. The molecule has 3 atom stereocenters. The van der Waals surface area contributed by atoms with Gasteiger partial charge in [-0.2, -0.15) is 0 Å². The van der Waals surface area contributed by atoms with Crippen molar-refractivity contribution >= 4 is 0 Å². The standard InChI is InChI=1S/C25H35NO/c1-18(2)5-4-6-19-8-10-25(27-3)23(16-19)21-11-13-26(14-12-21)24-17-20-7-9-22(24)15-20/h8,10,16,18,20-22,24H,5,7,9,11-15,17H2,1-3H3/t20-,22?,24-/m0/s1. The molecular formula is C25H35NO. The molecule has 0 N–H and O–H groups in total. The third-order valence-corrected chi connectivity index (χ3v) is 7.11. The molecule has 27 heavy (non-hydrogen) atoms. The van der Waals surface area contributed by atoms with Gasteiger partial charge in [0.2, 0.25) is 0 Å². The highest BCUT2D eigenvalue weighted by Gasteiger charge is 2.43. The Hall–Kier alpha value is -1.46. The quantitative estimate of drug-likeness (QED) is 0.657. The molecule has 1 aromatic carbocycles. The molecule has 0 aromatic heterocycles. The van der Waals surface area contributed by atoms with Gasteiger partial charge < -0.3 is 9.64 Å². The Morgan fingerprint density at radius 2 is 1.93 bits per heavy atom. The Kier molecular flexibility index (Phi) is 5.79. The largest absolute Gasteiger partial charge is 0.496 e. The van der Waals surface area contributed by atoms with Gasteiger partial charge in [-0.15, -0.1) is 0 Å². The van der Waals surface area contributed by atoms with Crippen LogP contribution in [0.15, 0.2) is 18.2 Å². The summed E-state index contributed by atoms with van der Waals surface area (Å²) in [6, 6.07) is 7.42. The van der Waals surface area contributed by atoms with E-state index in [1.165, 1.54) is 57.2 Å². The second-order valence-electron chi connectivity index (χ2n) is 9.41. The molecule has 0 amide bonds. The average molecular weight is 366 g/mol. The number of piperidine rings is 1. The zero-order valence-corrected chi connectivity index (χ0v) is 17.3. The number of fused-ring (bicyclic) bond motifs is 2. The summed E-state index contributed by atoms with van der Waals surface area (Å²) in [6.45, 7) is 6.95. The lowest BCUT2D eigenvalue weighted by atomic mass is 9.85. The molecule has 2 aliphatic carbocycles. The Labute approximate surface area is 165 Å². The average Bonchev–Trinajstić information content (AvgIpc) is 3.31. The molecule has 1 heterocycles. The van der Waals surface area contributed by atoms with Crippen LogP contribution < -0.4 is 4.74 Å². The normalized spacial score (nSPS) is 28.4. The second-order valence-corrected chi connectivity index (χ2v) is 9.41. The van der Waals surface area contributed by atoms with Crippen LogP contribution in [-0.2, 0) is 0 Å². The van der Waals surface area contributed by atoms with E-state index in [0.29, 0.717) is 11.8 Å². The Balaban J connectivity index is 1.42. The van der Waals surface area contributed by atoms with E-state index in [0.717, 1.165) is 35.6 Å². The van der Waals surface area contributed by atoms with Gasteiger partial charge in [0.1, 0.15) is 5.75 Å². The number of ether oxygens (including phenoxy) is 1. The van der Waals surface area contributed by atoms with Crippen molar-refractivity contribution in [2.24, 2.45) is 17.8 Å². The Morgan fingerprint density at radius 3 is 2.56 bits per heavy atom. The van der Waals surface area contributed by atoms with Crippen LogP contribution >= 0.6 is 0 Å². The zero-order chi connectivity index (χ0) is 18.8. The van der Waals surface area contributed by atoms with E-state index < -0.39 is 0 Å². The van der Waals surface area contributed by atoms with E-state index in [9.17, 15) is 0 Å². The van der Waals surface area contributed by atoms with Crippen LogP contribution in [0.4, 0.5) is 0 Å². The highest BCUT2D eigenvalue weighted by atomic mass is 16.5. The molecular weight excluding hydrogens is 330 g/mol. The van der Waals surface area contributed by atoms with E-state index >= 15 is 0 Å². The summed E-state index contributed by atoms with van der Waals surface area (Å²) in [5.74, 6) is 11.0. The van der Waals surface area contributed by atoms with Crippen molar-refractivity contribution in [1.29, 1.82) is 0 Å². The van der Waals surface area contributed by atoms with Gasteiger partial charge in [0, 0.05) is 18.0 Å². The fourth-order valence-corrected chi connectivity index (χ4v) is 5.69. The van der Waals surface area contributed by atoms with E-state index in [-0.39, 0.29) is 0 Å². The van der Waals surface area contributed by atoms with Crippen LogP contribution in [0.2, 0.25) is 0 Å². The minimum atomic E-state index is 0.613. The fraction of sp³-hybridized carbons (Fsp3) is 0.680. The van der Waals surface area contributed by atoms with Gasteiger partial charge in [-0.3, -0.25) is 0 Å². The molecule has 1 unspecified atom stereocenters. The first-order chi connectivity index (χ1) is 13.1. The topological polar surface area (TPSA) is 12.5 Å². The maximum atomic E-state index is 5.70. The van der Waals surface area contributed by atoms with Crippen molar-refractivity contribution in [3.63, 3.8) is 0 Å². The molecule has 1 aromatic rings. The summed E-state index contributed by atoms with van der Waals surface area (Å²) >= 11 is 0. The summed E-state index contributed by atoms with van der Waals surface area (Å²) in [4.78, 5) is 2.82. The minimum absolute atomic E-state index is 0.613. The number of rotatable bonds is 4. The fourth-order valence-electron chi connectivity index (χ4n) is 5.69. The summed E-state index contributed by atoms with van der Waals surface area (Å²) in [5, 5.41) is 0. The minimum Gasteiger partial charge on any atom is -0.496 e. The predicted octanol–water partition coefficient (Wildman–Crippen LogP) is 5.46. The van der Waals surface area contributed by atoms with Crippen LogP contribution in [0, 0.1) is 29.6 Å².